The molecule has 23 heavy (non-hydrogen) atoms. The van der Waals surface area contributed by atoms with E-state index in [0.29, 0.717) is 5.56 Å². The largest absolute Gasteiger partial charge is 0.345 e. The van der Waals surface area contributed by atoms with Gasteiger partial charge < -0.3 is 5.32 Å². The first-order chi connectivity index (χ1) is 10.9. The molecular weight excluding hydrogens is 306 g/mol. The molecule has 3 rings (SSSR count). The number of carbonyl (C=O) groups excluding carboxylic acids is 1. The molecule has 1 N–H and O–H groups in total. The average Bonchev–Trinajstić information content (AvgIpc) is 2.89. The van der Waals surface area contributed by atoms with Gasteiger partial charge in [-0.1, -0.05) is 18.2 Å². The number of benzene rings is 1. The fourth-order valence-electron chi connectivity index (χ4n) is 3.04. The number of fused-ring (bicyclic) bond motifs is 1. The van der Waals surface area contributed by atoms with Gasteiger partial charge in [0.15, 0.2) is 0 Å². The first kappa shape index (κ1) is 16.1. The van der Waals surface area contributed by atoms with E-state index in [1.807, 2.05) is 35.5 Å². The molecule has 0 saturated carbocycles. The van der Waals surface area contributed by atoms with E-state index in [4.69, 9.17) is 0 Å². The van der Waals surface area contributed by atoms with Gasteiger partial charge in [-0.25, -0.2) is 0 Å². The van der Waals surface area contributed by atoms with Crippen molar-refractivity contribution in [1.29, 1.82) is 0 Å². The quantitative estimate of drug-likeness (QED) is 0.908. The van der Waals surface area contributed by atoms with Gasteiger partial charge in [0, 0.05) is 16.3 Å². The van der Waals surface area contributed by atoms with Gasteiger partial charge in [-0.3, -0.25) is 9.48 Å². The zero-order valence-electron chi connectivity index (χ0n) is 14.1. The zero-order chi connectivity index (χ0) is 16.6. The molecule has 1 atom stereocenters. The van der Waals surface area contributed by atoms with Crippen molar-refractivity contribution in [3.05, 3.63) is 47.3 Å². The van der Waals surface area contributed by atoms with Crippen LogP contribution in [0.15, 0.2) is 35.4 Å². The van der Waals surface area contributed by atoms with Crippen molar-refractivity contribution < 1.29 is 4.79 Å². The predicted octanol–water partition coefficient (Wildman–Crippen LogP) is 3.91. The minimum atomic E-state index is -0.128. The van der Waals surface area contributed by atoms with Crippen LogP contribution in [0, 0.1) is 6.92 Å². The van der Waals surface area contributed by atoms with Crippen LogP contribution in [0.4, 0.5) is 0 Å². The van der Waals surface area contributed by atoms with Crippen LogP contribution in [-0.4, -0.2) is 21.4 Å². The molecule has 0 radical (unpaired) electrons. The van der Waals surface area contributed by atoms with Crippen LogP contribution in [0.3, 0.4) is 0 Å². The molecule has 0 saturated heterocycles. The van der Waals surface area contributed by atoms with Crippen LogP contribution in [0.25, 0.3) is 0 Å². The Bertz CT molecular complexity index is 730. The van der Waals surface area contributed by atoms with Crippen molar-refractivity contribution in [2.24, 2.45) is 0 Å². The van der Waals surface area contributed by atoms with E-state index in [-0.39, 0.29) is 17.5 Å². The van der Waals surface area contributed by atoms with Crippen LogP contribution in [0.1, 0.15) is 54.8 Å². The van der Waals surface area contributed by atoms with Crippen LogP contribution in [0.5, 0.6) is 0 Å². The molecular formula is C18H23N3OS. The smallest absolute Gasteiger partial charge is 0.255 e. The molecule has 1 aromatic carbocycles. The monoisotopic (exact) mass is 329 g/mol. The number of rotatable bonds is 2. The molecule has 0 spiro atoms. The maximum Gasteiger partial charge on any atom is 0.255 e. The number of hydrogen-bond donors (Lipinski definition) is 1. The summed E-state index contributed by atoms with van der Waals surface area (Å²) in [4.78, 5) is 14.0. The maximum absolute atomic E-state index is 12.7. The number of carbonyl (C=O) groups is 1. The van der Waals surface area contributed by atoms with E-state index < -0.39 is 0 Å². The Kier molecular flexibility index (Phi) is 4.23. The Balaban J connectivity index is 1.83. The Morgan fingerprint density at radius 3 is 2.78 bits per heavy atom. The van der Waals surface area contributed by atoms with Crippen molar-refractivity contribution >= 4 is 17.7 Å². The Morgan fingerprint density at radius 1 is 1.35 bits per heavy atom. The summed E-state index contributed by atoms with van der Waals surface area (Å²) in [5, 5.41) is 7.59. The molecule has 2 aromatic rings. The van der Waals surface area contributed by atoms with Crippen LogP contribution in [0.2, 0.25) is 0 Å². The van der Waals surface area contributed by atoms with Crippen molar-refractivity contribution in [1.82, 2.24) is 15.1 Å². The van der Waals surface area contributed by atoms with Crippen molar-refractivity contribution in [3.63, 3.8) is 0 Å². The average molecular weight is 329 g/mol. The van der Waals surface area contributed by atoms with Crippen molar-refractivity contribution in [2.75, 3.05) is 5.75 Å². The first-order valence-electron chi connectivity index (χ1n) is 7.95. The SMILES string of the molecule is Cc1c(C(=O)N[C@@H]2CCSc3ccccc32)cnn1C(C)(C)C. The highest BCUT2D eigenvalue weighted by atomic mass is 32.2. The molecule has 0 fully saturated rings. The summed E-state index contributed by atoms with van der Waals surface area (Å²) in [5.74, 6) is 0.993. The summed E-state index contributed by atoms with van der Waals surface area (Å²) >= 11 is 1.86. The molecule has 4 nitrogen and oxygen atoms in total. The summed E-state index contributed by atoms with van der Waals surface area (Å²) in [6.07, 6.45) is 2.64. The van der Waals surface area contributed by atoms with E-state index in [1.165, 1.54) is 10.5 Å². The highest BCUT2D eigenvalue weighted by molar-refractivity contribution is 7.99. The van der Waals surface area contributed by atoms with E-state index in [1.54, 1.807) is 6.20 Å². The standard InChI is InChI=1S/C18H23N3OS/c1-12-14(11-19-21(12)18(2,3)4)17(22)20-15-9-10-23-16-8-6-5-7-13(15)16/h5-8,11,15H,9-10H2,1-4H3,(H,20,22)/t15-/m1/s1. The van der Waals surface area contributed by atoms with Crippen molar-refractivity contribution in [2.45, 2.75) is 50.6 Å². The normalized spacial score (nSPS) is 17.7. The third-order valence-corrected chi connectivity index (χ3v) is 5.28. The number of hydrogen-bond acceptors (Lipinski definition) is 3. The minimum Gasteiger partial charge on any atom is -0.345 e. The van der Waals surface area contributed by atoms with E-state index in [9.17, 15) is 4.79 Å². The van der Waals surface area contributed by atoms with Crippen LogP contribution >= 0.6 is 11.8 Å². The Labute approximate surface area is 141 Å². The maximum atomic E-state index is 12.7. The molecule has 0 aliphatic carbocycles. The fourth-order valence-corrected chi connectivity index (χ4v) is 4.16. The number of nitrogens with one attached hydrogen (secondary N) is 1. The zero-order valence-corrected chi connectivity index (χ0v) is 14.9. The Morgan fingerprint density at radius 2 is 2.09 bits per heavy atom. The summed E-state index contributed by atoms with van der Waals surface area (Å²) in [6.45, 7) is 8.22. The second kappa shape index (κ2) is 6.04. The van der Waals surface area contributed by atoms with Gasteiger partial charge in [0.2, 0.25) is 0 Å². The summed E-state index contributed by atoms with van der Waals surface area (Å²) in [6, 6.07) is 8.40. The molecule has 1 aliphatic heterocycles. The van der Waals surface area contributed by atoms with Gasteiger partial charge in [0.05, 0.1) is 23.3 Å². The molecule has 122 valence electrons. The molecule has 0 unspecified atom stereocenters. The van der Waals surface area contributed by atoms with Gasteiger partial charge in [0.1, 0.15) is 0 Å². The second-order valence-corrected chi connectivity index (χ2v) is 8.06. The number of nitrogens with zero attached hydrogens (tertiary/aromatic N) is 2. The van der Waals surface area contributed by atoms with Crippen molar-refractivity contribution in [3.8, 4) is 0 Å². The summed E-state index contributed by atoms with van der Waals surface area (Å²) in [7, 11) is 0. The molecule has 5 heteroatoms. The van der Waals surface area contributed by atoms with Gasteiger partial charge in [0.25, 0.3) is 5.91 Å². The lowest BCUT2D eigenvalue weighted by molar-refractivity contribution is 0.0934. The van der Waals surface area contributed by atoms with E-state index in [0.717, 1.165) is 17.9 Å². The minimum absolute atomic E-state index is 0.0373. The number of aromatic nitrogens is 2. The topological polar surface area (TPSA) is 46.9 Å². The molecule has 1 aromatic heterocycles. The van der Waals surface area contributed by atoms with Crippen LogP contribution < -0.4 is 5.32 Å². The summed E-state index contributed by atoms with van der Waals surface area (Å²) in [5.41, 5.74) is 2.67. The molecule has 1 amide bonds. The van der Waals surface area contributed by atoms with Gasteiger partial charge in [-0.05, 0) is 45.7 Å². The van der Waals surface area contributed by atoms with Gasteiger partial charge in [-0.2, -0.15) is 5.10 Å². The van der Waals surface area contributed by atoms with Gasteiger partial charge >= 0.3 is 0 Å². The van der Waals surface area contributed by atoms with Gasteiger partial charge in [-0.15, -0.1) is 11.8 Å². The third kappa shape index (κ3) is 3.15. The molecule has 2 heterocycles. The second-order valence-electron chi connectivity index (χ2n) is 6.93. The third-order valence-electron chi connectivity index (χ3n) is 4.15. The summed E-state index contributed by atoms with van der Waals surface area (Å²) < 4.78 is 1.91. The lowest BCUT2D eigenvalue weighted by Gasteiger charge is -2.26. The van der Waals surface area contributed by atoms with E-state index in [2.05, 4.69) is 43.3 Å². The number of thioether (sulfide) groups is 1. The molecule has 1 aliphatic rings. The highest BCUT2D eigenvalue weighted by Crippen LogP contribution is 2.36. The lowest BCUT2D eigenvalue weighted by atomic mass is 10.0. The fraction of sp³-hybridized carbons (Fsp3) is 0.444. The Hall–Kier alpha value is -1.75. The molecule has 0 bridgehead atoms. The lowest BCUT2D eigenvalue weighted by Crippen LogP contribution is -2.31. The number of amides is 1. The predicted molar refractivity (Wildman–Crippen MR) is 94.0 cm³/mol. The highest BCUT2D eigenvalue weighted by Gasteiger charge is 2.25. The first-order valence-corrected chi connectivity index (χ1v) is 8.94. The van der Waals surface area contributed by atoms with Crippen LogP contribution in [-0.2, 0) is 5.54 Å². The van der Waals surface area contributed by atoms with E-state index >= 15 is 0 Å².